The molecule has 0 bridgehead atoms. The molecule has 2 aromatic heterocycles. The average Bonchev–Trinajstić information content (AvgIpc) is 3.03. The highest BCUT2D eigenvalue weighted by molar-refractivity contribution is 5.97. The number of ketones is 1. The molecule has 0 spiro atoms. The molecule has 0 saturated heterocycles. The van der Waals surface area contributed by atoms with Gasteiger partial charge < -0.3 is 13.9 Å². The number of carbonyl (C=O) groups excluding carboxylic acids is 2. The smallest absolute Gasteiger partial charge is 0.343 e. The van der Waals surface area contributed by atoms with Gasteiger partial charge in [-0.2, -0.15) is 0 Å². The number of aromatic nitrogens is 2. The first-order valence-electron chi connectivity index (χ1n) is 9.40. The molecular formula is C22H21N3O6. The number of hydrogen-bond donors (Lipinski definition) is 0. The van der Waals surface area contributed by atoms with E-state index in [2.05, 4.69) is 4.74 Å². The molecule has 0 atom stereocenters. The fourth-order valence-electron chi connectivity index (χ4n) is 3.47. The van der Waals surface area contributed by atoms with E-state index in [-0.39, 0.29) is 0 Å². The van der Waals surface area contributed by atoms with Crippen molar-refractivity contribution >= 4 is 17.4 Å². The molecule has 9 nitrogen and oxygen atoms in total. The molecule has 0 amide bonds. The van der Waals surface area contributed by atoms with E-state index in [9.17, 15) is 24.5 Å². The number of nitrogens with zero attached hydrogens (tertiary/aromatic N) is 3. The van der Waals surface area contributed by atoms with Crippen LogP contribution in [0.25, 0.3) is 5.69 Å². The summed E-state index contributed by atoms with van der Waals surface area (Å²) < 4.78 is 7.31. The number of rotatable bonds is 6. The van der Waals surface area contributed by atoms with Gasteiger partial charge in [0.1, 0.15) is 5.56 Å². The molecule has 31 heavy (non-hydrogen) atoms. The van der Waals surface area contributed by atoms with Gasteiger partial charge in [0, 0.05) is 28.7 Å². The van der Waals surface area contributed by atoms with Crippen LogP contribution in [0.2, 0.25) is 0 Å². The predicted molar refractivity (Wildman–Crippen MR) is 113 cm³/mol. The molecule has 9 heteroatoms. The minimum absolute atomic E-state index is 0.385. The second-order valence-corrected chi connectivity index (χ2v) is 7.17. The summed E-state index contributed by atoms with van der Waals surface area (Å²) in [4.78, 5) is 47.9. The van der Waals surface area contributed by atoms with Gasteiger partial charge in [0.2, 0.25) is 0 Å². The zero-order valence-corrected chi connectivity index (χ0v) is 17.5. The molecule has 160 valence electrons. The molecule has 0 saturated carbocycles. The molecule has 0 fully saturated rings. The zero-order chi connectivity index (χ0) is 22.9. The van der Waals surface area contributed by atoms with Crippen molar-refractivity contribution in [2.45, 2.75) is 27.3 Å². The van der Waals surface area contributed by atoms with E-state index in [0.717, 1.165) is 40.9 Å². The van der Waals surface area contributed by atoms with E-state index in [4.69, 9.17) is 0 Å². The van der Waals surface area contributed by atoms with Crippen molar-refractivity contribution < 1.29 is 19.2 Å². The topological polar surface area (TPSA) is 113 Å². The lowest BCUT2D eigenvalue weighted by Crippen LogP contribution is -2.29. The fraction of sp³-hybridized carbons (Fsp3) is 0.227. The lowest BCUT2D eigenvalue weighted by atomic mass is 10.1. The number of benzene rings is 1. The van der Waals surface area contributed by atoms with Crippen LogP contribution in [0.1, 0.15) is 37.7 Å². The molecule has 3 rings (SSSR count). The SMILES string of the molecule is COC(=O)c1cc([N+](=O)[O-])cn(CC(=O)c2cc(C)n(-c3ccc(C)cc3)c2C)c1=O. The second-order valence-electron chi connectivity index (χ2n) is 7.17. The van der Waals surface area contributed by atoms with Crippen LogP contribution >= 0.6 is 0 Å². The van der Waals surface area contributed by atoms with Crippen LogP contribution in [0.3, 0.4) is 0 Å². The lowest BCUT2D eigenvalue weighted by Gasteiger charge is -2.11. The minimum atomic E-state index is -1.01. The molecule has 3 aromatic rings. The Hall–Kier alpha value is -4.01. The van der Waals surface area contributed by atoms with Crippen LogP contribution < -0.4 is 5.56 Å². The van der Waals surface area contributed by atoms with Gasteiger partial charge >= 0.3 is 5.97 Å². The Balaban J connectivity index is 2.03. The number of carbonyl (C=O) groups is 2. The summed E-state index contributed by atoms with van der Waals surface area (Å²) in [7, 11) is 1.07. The molecule has 0 radical (unpaired) electrons. The Labute approximate surface area is 177 Å². The molecule has 1 aromatic carbocycles. The van der Waals surface area contributed by atoms with Crippen molar-refractivity contribution in [1.29, 1.82) is 0 Å². The predicted octanol–water partition coefficient (Wildman–Crippen LogP) is 3.14. The maximum Gasteiger partial charge on any atom is 0.343 e. The number of aryl methyl sites for hydroxylation is 2. The van der Waals surface area contributed by atoms with Crippen LogP contribution in [0.4, 0.5) is 5.69 Å². The van der Waals surface area contributed by atoms with Crippen molar-refractivity contribution in [3.8, 4) is 5.69 Å². The van der Waals surface area contributed by atoms with E-state index in [1.165, 1.54) is 0 Å². The monoisotopic (exact) mass is 423 g/mol. The molecule has 2 heterocycles. The van der Waals surface area contributed by atoms with Crippen molar-refractivity contribution in [1.82, 2.24) is 9.13 Å². The maximum absolute atomic E-state index is 13.0. The summed E-state index contributed by atoms with van der Waals surface area (Å²) in [5.41, 5.74) is 2.06. The van der Waals surface area contributed by atoms with E-state index in [0.29, 0.717) is 11.3 Å². The van der Waals surface area contributed by atoms with Crippen molar-refractivity contribution in [2.75, 3.05) is 7.11 Å². The number of Topliss-reactive ketones (excluding diaryl/α,β-unsaturated/α-hetero) is 1. The molecule has 0 N–H and O–H groups in total. The van der Waals surface area contributed by atoms with Gasteiger partial charge in [-0.25, -0.2) is 4.79 Å². The van der Waals surface area contributed by atoms with E-state index in [1.807, 2.05) is 42.7 Å². The summed E-state index contributed by atoms with van der Waals surface area (Å²) in [6.07, 6.45) is 0.950. The highest BCUT2D eigenvalue weighted by Crippen LogP contribution is 2.22. The van der Waals surface area contributed by atoms with E-state index < -0.39 is 40.0 Å². The normalized spacial score (nSPS) is 10.7. The summed E-state index contributed by atoms with van der Waals surface area (Å²) >= 11 is 0. The largest absolute Gasteiger partial charge is 0.465 e. The lowest BCUT2D eigenvalue weighted by molar-refractivity contribution is -0.385. The zero-order valence-electron chi connectivity index (χ0n) is 17.5. The van der Waals surface area contributed by atoms with Gasteiger partial charge in [0.15, 0.2) is 5.78 Å². The number of esters is 1. The van der Waals surface area contributed by atoms with Gasteiger partial charge in [-0.05, 0) is 39.0 Å². The second kappa shape index (κ2) is 8.39. The minimum Gasteiger partial charge on any atom is -0.465 e. The fourth-order valence-corrected chi connectivity index (χ4v) is 3.47. The van der Waals surface area contributed by atoms with Crippen molar-refractivity contribution in [3.05, 3.63) is 91.1 Å². The first kappa shape index (κ1) is 21.7. The Morgan fingerprint density at radius 1 is 1.06 bits per heavy atom. The third-order valence-electron chi connectivity index (χ3n) is 5.03. The Morgan fingerprint density at radius 3 is 2.29 bits per heavy atom. The van der Waals surface area contributed by atoms with Crippen LogP contribution in [-0.4, -0.2) is 32.9 Å². The Bertz CT molecular complexity index is 1250. The van der Waals surface area contributed by atoms with Gasteiger partial charge in [0.25, 0.3) is 11.2 Å². The summed E-state index contributed by atoms with van der Waals surface area (Å²) in [6.45, 7) is 5.17. The van der Waals surface area contributed by atoms with Crippen LogP contribution in [0, 0.1) is 30.9 Å². The molecular weight excluding hydrogens is 402 g/mol. The van der Waals surface area contributed by atoms with Crippen LogP contribution in [0.15, 0.2) is 47.4 Å². The first-order chi connectivity index (χ1) is 14.6. The number of pyridine rings is 1. The summed E-state index contributed by atoms with van der Waals surface area (Å²) in [6, 6.07) is 10.4. The maximum atomic E-state index is 13.0. The van der Waals surface area contributed by atoms with Gasteiger partial charge in [0.05, 0.1) is 24.8 Å². The number of nitro groups is 1. The van der Waals surface area contributed by atoms with Crippen molar-refractivity contribution in [3.63, 3.8) is 0 Å². The molecule has 0 aliphatic heterocycles. The molecule has 0 aliphatic carbocycles. The highest BCUT2D eigenvalue weighted by atomic mass is 16.6. The van der Waals surface area contributed by atoms with Gasteiger partial charge in [-0.15, -0.1) is 0 Å². The molecule has 0 unspecified atom stereocenters. The van der Waals surface area contributed by atoms with E-state index >= 15 is 0 Å². The third kappa shape index (κ3) is 4.16. The average molecular weight is 423 g/mol. The van der Waals surface area contributed by atoms with Crippen LogP contribution in [0.5, 0.6) is 0 Å². The number of hydrogen-bond acceptors (Lipinski definition) is 6. The van der Waals surface area contributed by atoms with Crippen LogP contribution in [-0.2, 0) is 11.3 Å². The summed E-state index contributed by atoms with van der Waals surface area (Å²) in [5, 5.41) is 11.2. The number of methoxy groups -OCH3 is 1. The number of ether oxygens (including phenoxy) is 1. The molecule has 0 aliphatic rings. The van der Waals surface area contributed by atoms with E-state index in [1.54, 1.807) is 13.0 Å². The summed E-state index contributed by atoms with van der Waals surface area (Å²) in [5.74, 6) is -1.42. The Morgan fingerprint density at radius 2 is 1.71 bits per heavy atom. The van der Waals surface area contributed by atoms with Gasteiger partial charge in [-0.1, -0.05) is 17.7 Å². The quantitative estimate of drug-likeness (QED) is 0.260. The van der Waals surface area contributed by atoms with Gasteiger partial charge in [-0.3, -0.25) is 19.7 Å². The highest BCUT2D eigenvalue weighted by Gasteiger charge is 2.23. The van der Waals surface area contributed by atoms with Crippen molar-refractivity contribution in [2.24, 2.45) is 0 Å². The standard InChI is InChI=1S/C22H21N3O6/c1-13-5-7-16(8-6-13)24-14(2)9-18(15(24)3)20(26)12-23-11-17(25(29)30)10-19(21(23)27)22(28)31-4/h5-11H,12H2,1-4H3. The third-order valence-corrected chi connectivity index (χ3v) is 5.03. The first-order valence-corrected chi connectivity index (χ1v) is 9.40. The Kier molecular flexibility index (Phi) is 5.87.